The van der Waals surface area contributed by atoms with Crippen LogP contribution in [0, 0.1) is 11.3 Å². The van der Waals surface area contributed by atoms with E-state index in [1.54, 1.807) is 12.1 Å². The van der Waals surface area contributed by atoms with Gasteiger partial charge in [-0.2, -0.15) is 36.2 Å². The summed E-state index contributed by atoms with van der Waals surface area (Å²) in [6.07, 6.45) is 1.82. The third-order valence-electron chi connectivity index (χ3n) is 8.46. The summed E-state index contributed by atoms with van der Waals surface area (Å²) >= 11 is 0. The van der Waals surface area contributed by atoms with Gasteiger partial charge >= 0.3 is 17.8 Å². The van der Waals surface area contributed by atoms with Crippen molar-refractivity contribution in [2.24, 2.45) is 0 Å². The second-order valence-corrected chi connectivity index (χ2v) is 9.48. The van der Waals surface area contributed by atoms with E-state index in [-0.39, 0.29) is 10.9 Å². The van der Waals surface area contributed by atoms with E-state index in [4.69, 9.17) is 0 Å². The second-order valence-electron chi connectivity index (χ2n) is 9.48. The molecule has 0 amide bonds. The van der Waals surface area contributed by atoms with Crippen molar-refractivity contribution in [2.45, 2.75) is 69.3 Å². The van der Waals surface area contributed by atoms with Gasteiger partial charge in [0.1, 0.15) is 5.56 Å². The van der Waals surface area contributed by atoms with Crippen LogP contribution in [-0.2, 0) is 22.8 Å². The lowest BCUT2D eigenvalue weighted by atomic mass is 9.61. The minimum Gasteiger partial charge on any atom is -0.194 e. The Kier molecular flexibility index (Phi) is 3.99. The van der Waals surface area contributed by atoms with Gasteiger partial charge in [-0.25, -0.2) is 0 Å². The number of fused-ring (bicyclic) bond motifs is 2. The van der Waals surface area contributed by atoms with Crippen molar-refractivity contribution in [3.8, 4) is 6.07 Å². The van der Waals surface area contributed by atoms with Gasteiger partial charge in [0.2, 0.25) is 5.52 Å². The fourth-order valence-corrected chi connectivity index (χ4v) is 6.02. The molecular weight excluding hydrogens is 442 g/mol. The van der Waals surface area contributed by atoms with E-state index in [9.17, 15) is 31.6 Å². The van der Waals surface area contributed by atoms with Crippen molar-refractivity contribution < 1.29 is 30.9 Å². The van der Waals surface area contributed by atoms with Gasteiger partial charge in [0.05, 0.1) is 33.4 Å². The summed E-state index contributed by atoms with van der Waals surface area (Å²) < 4.78 is 89.9. The summed E-state index contributed by atoms with van der Waals surface area (Å²) in [7, 11) is 0. The Balaban J connectivity index is 2.13. The van der Waals surface area contributed by atoms with Crippen LogP contribution in [0.15, 0.2) is 30.5 Å². The van der Waals surface area contributed by atoms with Crippen molar-refractivity contribution in [3.63, 3.8) is 0 Å². The Morgan fingerprint density at radius 2 is 1.48 bits per heavy atom. The van der Waals surface area contributed by atoms with Crippen LogP contribution >= 0.6 is 0 Å². The first-order valence-corrected chi connectivity index (χ1v) is 10.8. The van der Waals surface area contributed by atoms with E-state index in [2.05, 4.69) is 6.07 Å². The summed E-state index contributed by atoms with van der Waals surface area (Å²) in [6, 6.07) is 8.09. The van der Waals surface area contributed by atoms with Crippen molar-refractivity contribution >= 4 is 21.7 Å². The van der Waals surface area contributed by atoms with Gasteiger partial charge in [-0.1, -0.05) is 26.0 Å². The highest BCUT2D eigenvalue weighted by molar-refractivity contribution is 6.09. The van der Waals surface area contributed by atoms with Crippen LogP contribution in [0.25, 0.3) is 21.7 Å². The molecule has 0 fully saturated rings. The third kappa shape index (κ3) is 2.06. The molecule has 33 heavy (non-hydrogen) atoms. The monoisotopic (exact) mass is 463 g/mol. The summed E-state index contributed by atoms with van der Waals surface area (Å²) in [4.78, 5) is 0. The number of nitrogens with zero attached hydrogens (tertiary/aromatic N) is 2. The van der Waals surface area contributed by atoms with Crippen LogP contribution in [0.3, 0.4) is 0 Å². The molecule has 1 aliphatic carbocycles. The number of aromatic nitrogens is 1. The topological polar surface area (TPSA) is 27.7 Å². The minimum absolute atomic E-state index is 0.182. The van der Waals surface area contributed by atoms with Crippen LogP contribution in [0.5, 0.6) is 0 Å². The number of hydrogen-bond donors (Lipinski definition) is 0. The predicted molar refractivity (Wildman–Crippen MR) is 111 cm³/mol. The number of rotatable bonds is 2. The number of benzene rings is 2. The highest BCUT2D eigenvalue weighted by atomic mass is 19.3. The lowest BCUT2D eigenvalue weighted by molar-refractivity contribution is -0.751. The zero-order valence-corrected chi connectivity index (χ0v) is 18.5. The van der Waals surface area contributed by atoms with Gasteiger partial charge in [-0.3, -0.25) is 0 Å². The lowest BCUT2D eigenvalue weighted by Crippen LogP contribution is -2.66. The second kappa shape index (κ2) is 5.99. The van der Waals surface area contributed by atoms with Crippen LogP contribution in [-0.4, -0.2) is 5.92 Å². The summed E-state index contributed by atoms with van der Waals surface area (Å²) in [5, 5.41) is 10.2. The van der Waals surface area contributed by atoms with Gasteiger partial charge in [-0.15, -0.1) is 0 Å². The summed E-state index contributed by atoms with van der Waals surface area (Å²) in [5.41, 5.74) is -2.94. The molecule has 0 saturated carbocycles. The van der Waals surface area contributed by atoms with Crippen LogP contribution in [0.4, 0.5) is 26.3 Å². The van der Waals surface area contributed by atoms with Crippen LogP contribution < -0.4 is 4.57 Å². The molecule has 0 spiro atoms. The van der Waals surface area contributed by atoms with Gasteiger partial charge in [0, 0.05) is 18.7 Å². The molecule has 2 aliphatic rings. The maximum absolute atomic E-state index is 14.9. The smallest absolute Gasteiger partial charge is 0.194 e. The molecule has 0 N–H and O–H groups in total. The van der Waals surface area contributed by atoms with Gasteiger partial charge in [0.15, 0.2) is 11.7 Å². The zero-order chi connectivity index (χ0) is 24.4. The number of hydrogen-bond acceptors (Lipinski definition) is 1. The maximum Gasteiger partial charge on any atom is 0.380 e. The molecule has 172 valence electrons. The fourth-order valence-electron chi connectivity index (χ4n) is 6.02. The normalized spacial score (nSPS) is 28.3. The van der Waals surface area contributed by atoms with Crippen molar-refractivity contribution in [3.05, 3.63) is 52.7 Å². The zero-order valence-electron chi connectivity index (χ0n) is 18.5. The number of pyridine rings is 1. The molecule has 2 heterocycles. The van der Waals surface area contributed by atoms with Crippen molar-refractivity contribution in [1.29, 1.82) is 5.26 Å². The molecule has 1 aliphatic heterocycles. The van der Waals surface area contributed by atoms with Crippen LogP contribution in [0.2, 0.25) is 0 Å². The average Bonchev–Trinajstić information content (AvgIpc) is 2.89. The number of halogens is 6. The van der Waals surface area contributed by atoms with E-state index in [1.165, 1.54) is 16.7 Å². The van der Waals surface area contributed by atoms with Gasteiger partial charge in [0.25, 0.3) is 0 Å². The number of nitriles is 1. The standard InChI is InChI=1S/C25H21F6N2/c1-5-21(3)16-10-7-13(11-32)14-8-9-15-19-17(23(26,27)25(30,31)24(19,28)29)12-33(20(15)18(14)16)22(21,4)6-2/h7-10,12H,5-6H2,1-4H3/q+1. The third-order valence-corrected chi connectivity index (χ3v) is 8.46. The lowest BCUT2D eigenvalue weighted by Gasteiger charge is -2.45. The van der Waals surface area contributed by atoms with Gasteiger partial charge in [-0.05, 0) is 31.0 Å². The van der Waals surface area contributed by atoms with E-state index in [0.717, 1.165) is 11.8 Å². The Bertz CT molecular complexity index is 1420. The SMILES string of the molecule is CCC1(C)c2ccc(C#N)c3ccc4c5c(c[n+](c4c23)C1(C)CC)C(F)(F)C(F)(F)C5(F)F. The van der Waals surface area contributed by atoms with E-state index in [0.29, 0.717) is 29.2 Å². The first-order chi connectivity index (χ1) is 15.3. The summed E-state index contributed by atoms with van der Waals surface area (Å²) in [5.74, 6) is -15.7. The molecule has 0 radical (unpaired) electrons. The van der Waals surface area contributed by atoms with E-state index in [1.807, 2.05) is 27.7 Å². The first-order valence-electron chi connectivity index (χ1n) is 10.8. The largest absolute Gasteiger partial charge is 0.380 e. The highest BCUT2D eigenvalue weighted by Gasteiger charge is 2.81. The van der Waals surface area contributed by atoms with Crippen LogP contribution in [0.1, 0.15) is 62.8 Å². The highest BCUT2D eigenvalue weighted by Crippen LogP contribution is 2.64. The Labute approximate surface area is 186 Å². The van der Waals surface area contributed by atoms with Crippen molar-refractivity contribution in [2.75, 3.05) is 0 Å². The molecule has 8 heteroatoms. The molecule has 3 aromatic rings. The molecule has 1 aromatic heterocycles. The Morgan fingerprint density at radius 1 is 0.848 bits per heavy atom. The molecule has 2 unspecified atom stereocenters. The molecule has 2 nitrogen and oxygen atoms in total. The van der Waals surface area contributed by atoms with Gasteiger partial charge < -0.3 is 0 Å². The molecule has 2 atom stereocenters. The first kappa shape index (κ1) is 22.0. The Morgan fingerprint density at radius 3 is 2.06 bits per heavy atom. The average molecular weight is 463 g/mol. The maximum atomic E-state index is 14.9. The minimum atomic E-state index is -5.56. The van der Waals surface area contributed by atoms with Crippen molar-refractivity contribution in [1.82, 2.24) is 0 Å². The molecule has 0 bridgehead atoms. The Hall–Kier alpha value is -2.82. The molecule has 2 aromatic carbocycles. The molecular formula is C25H21F6N2+. The van der Waals surface area contributed by atoms with E-state index < -0.39 is 39.8 Å². The fraction of sp³-hybridized carbons (Fsp3) is 0.440. The quantitative estimate of drug-likeness (QED) is 0.234. The molecule has 5 rings (SSSR count). The predicted octanol–water partition coefficient (Wildman–Crippen LogP) is 6.79. The van der Waals surface area contributed by atoms with E-state index >= 15 is 0 Å². The molecule has 0 saturated heterocycles. The summed E-state index contributed by atoms with van der Waals surface area (Å²) in [6.45, 7) is 7.59. The number of alkyl halides is 6.